The van der Waals surface area contributed by atoms with E-state index in [1.54, 1.807) is 0 Å². The molecule has 1 heterocycles. The van der Waals surface area contributed by atoms with Gasteiger partial charge in [-0.05, 0) is 38.7 Å². The summed E-state index contributed by atoms with van der Waals surface area (Å²) in [7, 11) is 0. The Morgan fingerprint density at radius 1 is 1.32 bits per heavy atom. The summed E-state index contributed by atoms with van der Waals surface area (Å²) in [5, 5.41) is 0. The number of benzene rings is 1. The van der Waals surface area contributed by atoms with Gasteiger partial charge in [-0.3, -0.25) is 4.79 Å². The van der Waals surface area contributed by atoms with Gasteiger partial charge in [-0.25, -0.2) is 0 Å². The summed E-state index contributed by atoms with van der Waals surface area (Å²) in [6, 6.07) is 10.3. The number of nitrogens with two attached hydrogens (primary N) is 1. The van der Waals surface area contributed by atoms with Gasteiger partial charge in [-0.2, -0.15) is 0 Å². The van der Waals surface area contributed by atoms with Gasteiger partial charge in [0.05, 0.1) is 18.7 Å². The average molecular weight is 302 g/mol. The van der Waals surface area contributed by atoms with Gasteiger partial charge in [-0.15, -0.1) is 0 Å². The molecule has 0 aromatic heterocycles. The molecule has 4 heteroatoms. The molecule has 2 fully saturated rings. The van der Waals surface area contributed by atoms with E-state index in [4.69, 9.17) is 10.5 Å². The zero-order valence-electron chi connectivity index (χ0n) is 13.5. The molecule has 0 radical (unpaired) electrons. The first-order chi connectivity index (χ1) is 10.5. The monoisotopic (exact) mass is 302 g/mol. The average Bonchev–Trinajstić information content (AvgIpc) is 2.46. The maximum absolute atomic E-state index is 12.8. The molecule has 2 N–H and O–H groups in total. The molecule has 3 atom stereocenters. The van der Waals surface area contributed by atoms with Gasteiger partial charge >= 0.3 is 0 Å². The fraction of sp³-hybridized carbons (Fsp3) is 0.611. The number of carbonyl (C=O) groups is 1. The second-order valence-electron chi connectivity index (χ2n) is 6.95. The number of carbonyl (C=O) groups excluding carboxylic acids is 1. The van der Waals surface area contributed by atoms with Crippen LogP contribution in [-0.4, -0.2) is 35.0 Å². The van der Waals surface area contributed by atoms with Crippen molar-refractivity contribution in [3.05, 3.63) is 35.9 Å². The summed E-state index contributed by atoms with van der Waals surface area (Å²) >= 11 is 0. The summed E-state index contributed by atoms with van der Waals surface area (Å²) in [5.74, 6) is 0.173. The number of hydrogen-bond acceptors (Lipinski definition) is 3. The van der Waals surface area contributed by atoms with Crippen LogP contribution in [0.25, 0.3) is 0 Å². The third kappa shape index (κ3) is 2.90. The molecule has 1 aliphatic carbocycles. The van der Waals surface area contributed by atoms with E-state index >= 15 is 0 Å². The van der Waals surface area contributed by atoms with Gasteiger partial charge in [0.2, 0.25) is 5.91 Å². The number of morpholine rings is 1. The topological polar surface area (TPSA) is 55.6 Å². The van der Waals surface area contributed by atoms with Crippen molar-refractivity contribution >= 4 is 5.91 Å². The first-order valence-corrected chi connectivity index (χ1v) is 8.27. The normalized spacial score (nSPS) is 30.7. The van der Waals surface area contributed by atoms with Gasteiger partial charge in [0.15, 0.2) is 0 Å². The van der Waals surface area contributed by atoms with E-state index in [-0.39, 0.29) is 29.6 Å². The van der Waals surface area contributed by atoms with E-state index in [1.807, 2.05) is 23.1 Å². The van der Waals surface area contributed by atoms with Crippen LogP contribution >= 0.6 is 0 Å². The van der Waals surface area contributed by atoms with Crippen molar-refractivity contribution in [3.8, 4) is 0 Å². The van der Waals surface area contributed by atoms with Crippen LogP contribution in [0.5, 0.6) is 0 Å². The first kappa shape index (κ1) is 15.5. The van der Waals surface area contributed by atoms with Crippen LogP contribution in [0.4, 0.5) is 0 Å². The largest absolute Gasteiger partial charge is 0.369 e. The van der Waals surface area contributed by atoms with Crippen LogP contribution < -0.4 is 5.73 Å². The lowest BCUT2D eigenvalue weighted by molar-refractivity contribution is -0.155. The highest BCUT2D eigenvalue weighted by molar-refractivity contribution is 5.78. The van der Waals surface area contributed by atoms with E-state index in [9.17, 15) is 4.79 Å². The molecule has 1 aromatic rings. The van der Waals surface area contributed by atoms with Crippen molar-refractivity contribution in [1.82, 2.24) is 4.90 Å². The van der Waals surface area contributed by atoms with Crippen LogP contribution in [-0.2, 0) is 9.53 Å². The maximum atomic E-state index is 12.8. The fourth-order valence-electron chi connectivity index (χ4n) is 3.70. The van der Waals surface area contributed by atoms with Crippen molar-refractivity contribution in [2.24, 2.45) is 5.73 Å². The van der Waals surface area contributed by atoms with Gasteiger partial charge in [0, 0.05) is 12.0 Å². The standard InChI is InChI=1S/C18H26N2O2/c1-13-12-22-17(15-7-4-3-5-8-15)14(2)20(13)16(21)11-18(19)9-6-10-18/h3-5,7-8,13-14,17H,6,9-12,19H2,1-2H3/t13-,14+,17-/m1/s1. The molecule has 0 spiro atoms. The van der Waals surface area contributed by atoms with Crippen molar-refractivity contribution < 1.29 is 9.53 Å². The molecule has 1 aliphatic heterocycles. The van der Waals surface area contributed by atoms with Crippen molar-refractivity contribution in [3.63, 3.8) is 0 Å². The van der Waals surface area contributed by atoms with Gasteiger partial charge < -0.3 is 15.4 Å². The Labute approximate surface area is 132 Å². The SMILES string of the molecule is C[C@@H]1CO[C@@H](c2ccccc2)[C@H](C)N1C(=O)CC1(N)CCC1. The first-order valence-electron chi connectivity index (χ1n) is 8.27. The molecule has 0 bridgehead atoms. The lowest BCUT2D eigenvalue weighted by Gasteiger charge is -2.46. The minimum absolute atomic E-state index is 0.0299. The van der Waals surface area contributed by atoms with Gasteiger partial charge in [0.25, 0.3) is 0 Å². The zero-order chi connectivity index (χ0) is 15.7. The summed E-state index contributed by atoms with van der Waals surface area (Å²) in [5.41, 5.74) is 7.13. The number of hydrogen-bond donors (Lipinski definition) is 1. The Morgan fingerprint density at radius 3 is 2.59 bits per heavy atom. The van der Waals surface area contributed by atoms with Crippen molar-refractivity contribution in [1.29, 1.82) is 0 Å². The second-order valence-corrected chi connectivity index (χ2v) is 6.95. The third-order valence-corrected chi connectivity index (χ3v) is 5.14. The molecule has 3 rings (SSSR count). The van der Waals surface area contributed by atoms with Gasteiger partial charge in [0.1, 0.15) is 6.10 Å². The third-order valence-electron chi connectivity index (χ3n) is 5.14. The van der Waals surface area contributed by atoms with E-state index in [2.05, 4.69) is 26.0 Å². The number of rotatable bonds is 3. The molecule has 1 amide bonds. The van der Waals surface area contributed by atoms with Crippen LogP contribution in [0.15, 0.2) is 30.3 Å². The van der Waals surface area contributed by atoms with Crippen molar-refractivity contribution in [2.45, 2.75) is 63.3 Å². The Bertz CT molecular complexity index is 527. The summed E-state index contributed by atoms with van der Waals surface area (Å²) in [6.07, 6.45) is 3.48. The molecule has 1 saturated heterocycles. The molecule has 0 unspecified atom stereocenters. The molecule has 1 aromatic carbocycles. The van der Waals surface area contributed by atoms with Crippen LogP contribution in [0, 0.1) is 0 Å². The molecule has 4 nitrogen and oxygen atoms in total. The maximum Gasteiger partial charge on any atom is 0.225 e. The second kappa shape index (κ2) is 6.01. The lowest BCUT2D eigenvalue weighted by atomic mass is 9.75. The van der Waals surface area contributed by atoms with E-state index in [1.165, 1.54) is 0 Å². The quantitative estimate of drug-likeness (QED) is 0.934. The highest BCUT2D eigenvalue weighted by atomic mass is 16.5. The van der Waals surface area contributed by atoms with Crippen LogP contribution in [0.3, 0.4) is 0 Å². The molecule has 2 aliphatic rings. The summed E-state index contributed by atoms with van der Waals surface area (Å²) in [4.78, 5) is 14.8. The highest BCUT2D eigenvalue weighted by Crippen LogP contribution is 2.36. The molecular formula is C18H26N2O2. The Morgan fingerprint density at radius 2 is 2.00 bits per heavy atom. The predicted molar refractivity (Wildman–Crippen MR) is 86.3 cm³/mol. The van der Waals surface area contributed by atoms with E-state index in [0.29, 0.717) is 13.0 Å². The predicted octanol–water partition coefficient (Wildman–Crippen LogP) is 2.64. The smallest absolute Gasteiger partial charge is 0.225 e. The highest BCUT2D eigenvalue weighted by Gasteiger charge is 2.41. The van der Waals surface area contributed by atoms with Crippen LogP contribution in [0.1, 0.15) is 51.2 Å². The number of ether oxygens (including phenoxy) is 1. The molecule has 22 heavy (non-hydrogen) atoms. The number of amides is 1. The summed E-state index contributed by atoms with van der Waals surface area (Å²) < 4.78 is 6.01. The molecule has 120 valence electrons. The lowest BCUT2D eigenvalue weighted by Crippen LogP contribution is -2.57. The van der Waals surface area contributed by atoms with Crippen molar-refractivity contribution in [2.75, 3.05) is 6.61 Å². The van der Waals surface area contributed by atoms with E-state index in [0.717, 1.165) is 24.8 Å². The van der Waals surface area contributed by atoms with Crippen LogP contribution in [0.2, 0.25) is 0 Å². The van der Waals surface area contributed by atoms with Gasteiger partial charge in [-0.1, -0.05) is 30.3 Å². The Hall–Kier alpha value is -1.39. The fourth-order valence-corrected chi connectivity index (χ4v) is 3.70. The van der Waals surface area contributed by atoms with E-state index < -0.39 is 0 Å². The minimum Gasteiger partial charge on any atom is -0.369 e. The zero-order valence-corrected chi connectivity index (χ0v) is 13.5. The Balaban J connectivity index is 1.75. The number of nitrogens with zero attached hydrogens (tertiary/aromatic N) is 1. The minimum atomic E-state index is -0.267. The Kier molecular flexibility index (Phi) is 4.24. The molecule has 1 saturated carbocycles. The summed E-state index contributed by atoms with van der Waals surface area (Å²) in [6.45, 7) is 4.71. The molecular weight excluding hydrogens is 276 g/mol.